The van der Waals surface area contributed by atoms with Crippen LogP contribution in [-0.4, -0.2) is 23.5 Å². The molecule has 0 spiro atoms. The molecular formula is C17H26N2O. The molecule has 1 heterocycles. The zero-order valence-electron chi connectivity index (χ0n) is 12.9. The van der Waals surface area contributed by atoms with Crippen LogP contribution < -0.4 is 5.32 Å². The SMILES string of the molecule is CCC(C)c1ccc(NC(=O)N2CCCCC2C)cc1. The number of amides is 2. The number of nitrogens with zero attached hydrogens (tertiary/aromatic N) is 1. The van der Waals surface area contributed by atoms with E-state index in [-0.39, 0.29) is 6.03 Å². The highest BCUT2D eigenvalue weighted by molar-refractivity contribution is 5.89. The minimum atomic E-state index is 0.0356. The number of rotatable bonds is 3. The Labute approximate surface area is 122 Å². The van der Waals surface area contributed by atoms with Crippen molar-refractivity contribution in [3.63, 3.8) is 0 Å². The molecule has 3 nitrogen and oxygen atoms in total. The number of urea groups is 1. The Balaban J connectivity index is 1.97. The Morgan fingerprint density at radius 3 is 2.65 bits per heavy atom. The number of benzene rings is 1. The van der Waals surface area contributed by atoms with Crippen LogP contribution in [0.2, 0.25) is 0 Å². The molecule has 1 aliphatic rings. The smallest absolute Gasteiger partial charge is 0.322 e. The van der Waals surface area contributed by atoms with Crippen LogP contribution in [0.1, 0.15) is 57.9 Å². The summed E-state index contributed by atoms with van der Waals surface area (Å²) in [6.07, 6.45) is 4.59. The van der Waals surface area contributed by atoms with E-state index in [2.05, 4.69) is 38.2 Å². The van der Waals surface area contributed by atoms with E-state index in [1.807, 2.05) is 17.0 Å². The van der Waals surface area contributed by atoms with Gasteiger partial charge in [0.25, 0.3) is 0 Å². The highest BCUT2D eigenvalue weighted by atomic mass is 16.2. The van der Waals surface area contributed by atoms with Gasteiger partial charge in [0.05, 0.1) is 0 Å². The van der Waals surface area contributed by atoms with Crippen LogP contribution in [0.15, 0.2) is 24.3 Å². The third-order valence-electron chi connectivity index (χ3n) is 4.41. The predicted molar refractivity (Wildman–Crippen MR) is 84.2 cm³/mol. The van der Waals surface area contributed by atoms with E-state index in [0.29, 0.717) is 12.0 Å². The summed E-state index contributed by atoms with van der Waals surface area (Å²) in [7, 11) is 0. The van der Waals surface area contributed by atoms with Crippen molar-refractivity contribution in [1.82, 2.24) is 4.90 Å². The van der Waals surface area contributed by atoms with Gasteiger partial charge in [0, 0.05) is 18.3 Å². The third-order valence-corrected chi connectivity index (χ3v) is 4.41. The molecule has 2 unspecified atom stereocenters. The molecule has 1 aromatic carbocycles. The average Bonchev–Trinajstić information content (AvgIpc) is 2.47. The number of likely N-dealkylation sites (tertiary alicyclic amines) is 1. The monoisotopic (exact) mass is 274 g/mol. The van der Waals surface area contributed by atoms with Crippen molar-refractivity contribution >= 4 is 11.7 Å². The molecule has 0 saturated carbocycles. The maximum Gasteiger partial charge on any atom is 0.322 e. The summed E-state index contributed by atoms with van der Waals surface area (Å²) in [5.41, 5.74) is 2.22. The van der Waals surface area contributed by atoms with Gasteiger partial charge in [-0.3, -0.25) is 0 Å². The van der Waals surface area contributed by atoms with Crippen LogP contribution in [0, 0.1) is 0 Å². The van der Waals surface area contributed by atoms with E-state index >= 15 is 0 Å². The number of carbonyl (C=O) groups excluding carboxylic acids is 1. The lowest BCUT2D eigenvalue weighted by Crippen LogP contribution is -2.44. The molecule has 1 saturated heterocycles. The largest absolute Gasteiger partial charge is 0.322 e. The van der Waals surface area contributed by atoms with E-state index < -0.39 is 0 Å². The molecule has 2 amide bonds. The van der Waals surface area contributed by atoms with Crippen LogP contribution in [0.25, 0.3) is 0 Å². The highest BCUT2D eigenvalue weighted by Gasteiger charge is 2.22. The van der Waals surface area contributed by atoms with E-state index in [9.17, 15) is 4.79 Å². The van der Waals surface area contributed by atoms with Gasteiger partial charge in [-0.15, -0.1) is 0 Å². The molecule has 1 N–H and O–H groups in total. The van der Waals surface area contributed by atoms with Gasteiger partial charge in [0.2, 0.25) is 0 Å². The lowest BCUT2D eigenvalue weighted by atomic mass is 9.99. The standard InChI is InChI=1S/C17H26N2O/c1-4-13(2)15-8-10-16(11-9-15)18-17(20)19-12-6-5-7-14(19)3/h8-11,13-14H,4-7,12H2,1-3H3,(H,18,20). The summed E-state index contributed by atoms with van der Waals surface area (Å²) < 4.78 is 0. The van der Waals surface area contributed by atoms with E-state index in [0.717, 1.165) is 31.5 Å². The second kappa shape index (κ2) is 6.78. The Hall–Kier alpha value is -1.51. The maximum atomic E-state index is 12.3. The number of piperidine rings is 1. The number of nitrogens with one attached hydrogen (secondary N) is 1. The first-order valence-corrected chi connectivity index (χ1v) is 7.79. The van der Waals surface area contributed by atoms with E-state index in [1.54, 1.807) is 0 Å². The van der Waals surface area contributed by atoms with Gasteiger partial charge >= 0.3 is 6.03 Å². The minimum Gasteiger partial charge on any atom is -0.322 e. The second-order valence-corrected chi connectivity index (χ2v) is 5.90. The average molecular weight is 274 g/mol. The van der Waals surface area contributed by atoms with Gasteiger partial charge < -0.3 is 10.2 Å². The Morgan fingerprint density at radius 1 is 1.35 bits per heavy atom. The number of hydrogen-bond acceptors (Lipinski definition) is 1. The molecule has 2 atom stereocenters. The third kappa shape index (κ3) is 3.53. The summed E-state index contributed by atoms with van der Waals surface area (Å²) >= 11 is 0. The van der Waals surface area contributed by atoms with E-state index in [1.165, 1.54) is 12.0 Å². The summed E-state index contributed by atoms with van der Waals surface area (Å²) in [4.78, 5) is 14.2. The van der Waals surface area contributed by atoms with Crippen molar-refractivity contribution in [2.45, 2.75) is 58.4 Å². The fourth-order valence-corrected chi connectivity index (χ4v) is 2.73. The van der Waals surface area contributed by atoms with Gasteiger partial charge in [-0.25, -0.2) is 4.79 Å². The van der Waals surface area contributed by atoms with Gasteiger partial charge in [0.15, 0.2) is 0 Å². The van der Waals surface area contributed by atoms with Gasteiger partial charge in [-0.2, -0.15) is 0 Å². The van der Waals surface area contributed by atoms with Crippen LogP contribution in [0.5, 0.6) is 0 Å². The second-order valence-electron chi connectivity index (χ2n) is 5.90. The summed E-state index contributed by atoms with van der Waals surface area (Å²) in [5.74, 6) is 0.571. The zero-order valence-corrected chi connectivity index (χ0v) is 12.9. The van der Waals surface area contributed by atoms with Crippen molar-refractivity contribution < 1.29 is 4.79 Å². The molecule has 0 aliphatic carbocycles. The van der Waals surface area contributed by atoms with Crippen molar-refractivity contribution in [2.75, 3.05) is 11.9 Å². The first-order valence-electron chi connectivity index (χ1n) is 7.79. The number of hydrogen-bond donors (Lipinski definition) is 1. The lowest BCUT2D eigenvalue weighted by Gasteiger charge is -2.33. The lowest BCUT2D eigenvalue weighted by molar-refractivity contribution is 0.170. The van der Waals surface area contributed by atoms with E-state index in [4.69, 9.17) is 0 Å². The quantitative estimate of drug-likeness (QED) is 0.858. The maximum absolute atomic E-state index is 12.3. The van der Waals surface area contributed by atoms with Gasteiger partial charge in [-0.1, -0.05) is 26.0 Å². The topological polar surface area (TPSA) is 32.3 Å². The molecule has 3 heteroatoms. The molecule has 1 fully saturated rings. The first-order chi connectivity index (χ1) is 9.61. The van der Waals surface area contributed by atoms with Crippen molar-refractivity contribution in [3.8, 4) is 0 Å². The highest BCUT2D eigenvalue weighted by Crippen LogP contribution is 2.22. The molecule has 0 radical (unpaired) electrons. The fourth-order valence-electron chi connectivity index (χ4n) is 2.73. The summed E-state index contributed by atoms with van der Waals surface area (Å²) in [5, 5.41) is 3.01. The van der Waals surface area contributed by atoms with Crippen LogP contribution in [0.4, 0.5) is 10.5 Å². The van der Waals surface area contributed by atoms with Crippen LogP contribution >= 0.6 is 0 Å². The summed E-state index contributed by atoms with van der Waals surface area (Å²) in [6, 6.07) is 8.63. The number of carbonyl (C=O) groups is 1. The Kier molecular flexibility index (Phi) is 5.05. The molecule has 0 bridgehead atoms. The molecule has 1 aliphatic heterocycles. The molecule has 1 aromatic rings. The molecule has 110 valence electrons. The molecular weight excluding hydrogens is 248 g/mol. The Bertz CT molecular complexity index is 441. The van der Waals surface area contributed by atoms with Crippen molar-refractivity contribution in [3.05, 3.63) is 29.8 Å². The number of anilines is 1. The Morgan fingerprint density at radius 2 is 2.05 bits per heavy atom. The predicted octanol–water partition coefficient (Wildman–Crippen LogP) is 4.61. The van der Waals surface area contributed by atoms with Crippen molar-refractivity contribution in [1.29, 1.82) is 0 Å². The molecule has 2 rings (SSSR count). The fraction of sp³-hybridized carbons (Fsp3) is 0.588. The normalized spacial score (nSPS) is 20.6. The van der Waals surface area contributed by atoms with Gasteiger partial charge in [0.1, 0.15) is 0 Å². The van der Waals surface area contributed by atoms with Crippen LogP contribution in [0.3, 0.4) is 0 Å². The summed E-state index contributed by atoms with van der Waals surface area (Å²) in [6.45, 7) is 7.42. The van der Waals surface area contributed by atoms with Crippen LogP contribution in [-0.2, 0) is 0 Å². The molecule has 20 heavy (non-hydrogen) atoms. The minimum absolute atomic E-state index is 0.0356. The zero-order chi connectivity index (χ0) is 14.5. The first kappa shape index (κ1) is 14.9. The molecule has 0 aromatic heterocycles. The van der Waals surface area contributed by atoms with Crippen molar-refractivity contribution in [2.24, 2.45) is 0 Å². The van der Waals surface area contributed by atoms with Gasteiger partial charge in [-0.05, 0) is 56.2 Å².